The van der Waals surface area contributed by atoms with Gasteiger partial charge in [0, 0.05) is 0 Å². The second-order valence-corrected chi connectivity index (χ2v) is 2.57. The molecule has 0 spiro atoms. The van der Waals surface area contributed by atoms with Crippen LogP contribution in [0.1, 0.15) is 12.5 Å². The minimum absolute atomic E-state index is 0.723. The highest BCUT2D eigenvalue weighted by Crippen LogP contribution is 2.12. The maximum atomic E-state index is 5.31. The second-order valence-electron chi connectivity index (χ2n) is 2.57. The second kappa shape index (κ2) is 4.60. The molecule has 1 aromatic rings. The highest BCUT2D eigenvalue weighted by Gasteiger charge is 1.91. The van der Waals surface area contributed by atoms with Crippen LogP contribution in [-0.2, 0) is 6.42 Å². The highest BCUT2D eigenvalue weighted by molar-refractivity contribution is 5.28. The third kappa shape index (κ3) is 2.42. The van der Waals surface area contributed by atoms with E-state index in [2.05, 4.69) is 18.7 Å². The summed E-state index contributed by atoms with van der Waals surface area (Å²) in [5, 5.41) is 0. The van der Waals surface area contributed by atoms with Gasteiger partial charge in [0.15, 0.2) is 0 Å². The molecule has 1 nitrogen and oxygen atoms in total. The van der Waals surface area contributed by atoms with E-state index in [9.17, 15) is 0 Å². The summed E-state index contributed by atoms with van der Waals surface area (Å²) in [7, 11) is 0. The first-order valence-electron chi connectivity index (χ1n) is 4.19. The van der Waals surface area contributed by atoms with Gasteiger partial charge in [-0.3, -0.25) is 0 Å². The Morgan fingerprint density at radius 2 is 2.00 bits per heavy atom. The number of allylic oxidation sites excluding steroid dienone is 1. The predicted octanol–water partition coefficient (Wildman–Crippen LogP) is 2.81. The first kappa shape index (κ1) is 8.85. The van der Waals surface area contributed by atoms with Crippen LogP contribution in [0.2, 0.25) is 0 Å². The van der Waals surface area contributed by atoms with Gasteiger partial charge in [-0.2, -0.15) is 0 Å². The zero-order chi connectivity index (χ0) is 8.81. The van der Waals surface area contributed by atoms with Crippen LogP contribution >= 0.6 is 0 Å². The molecule has 0 saturated heterocycles. The van der Waals surface area contributed by atoms with Crippen LogP contribution in [0.3, 0.4) is 0 Å². The molecule has 0 atom stereocenters. The molecule has 0 aliphatic rings. The standard InChI is InChI=1S/C11H14O/c1-3-5-10-6-8-11(9-7-10)12-4-2/h3,6-9H,1,4-5H2,2H3. The SMILES string of the molecule is C=CCc1ccc(OCC)cc1. The average molecular weight is 162 g/mol. The number of hydrogen-bond donors (Lipinski definition) is 0. The van der Waals surface area contributed by atoms with Crippen molar-refractivity contribution in [1.82, 2.24) is 0 Å². The Morgan fingerprint density at radius 1 is 1.33 bits per heavy atom. The molecular weight excluding hydrogens is 148 g/mol. The number of ether oxygens (including phenoxy) is 1. The van der Waals surface area contributed by atoms with Crippen molar-refractivity contribution < 1.29 is 4.74 Å². The Balaban J connectivity index is 2.64. The van der Waals surface area contributed by atoms with Crippen LogP contribution in [0.15, 0.2) is 36.9 Å². The Labute approximate surface area is 73.7 Å². The third-order valence-corrected chi connectivity index (χ3v) is 1.61. The van der Waals surface area contributed by atoms with Crippen LogP contribution in [0.4, 0.5) is 0 Å². The molecule has 0 bridgehead atoms. The van der Waals surface area contributed by atoms with Crippen molar-refractivity contribution >= 4 is 0 Å². The van der Waals surface area contributed by atoms with Gasteiger partial charge < -0.3 is 4.74 Å². The fraction of sp³-hybridized carbons (Fsp3) is 0.273. The molecule has 0 N–H and O–H groups in total. The largest absolute Gasteiger partial charge is 0.494 e. The lowest BCUT2D eigenvalue weighted by Crippen LogP contribution is -1.91. The van der Waals surface area contributed by atoms with Gasteiger partial charge in [0.2, 0.25) is 0 Å². The topological polar surface area (TPSA) is 9.23 Å². The van der Waals surface area contributed by atoms with E-state index in [0.717, 1.165) is 18.8 Å². The van der Waals surface area contributed by atoms with E-state index < -0.39 is 0 Å². The van der Waals surface area contributed by atoms with E-state index in [0.29, 0.717) is 0 Å². The summed E-state index contributed by atoms with van der Waals surface area (Å²) in [6.45, 7) is 6.39. The number of hydrogen-bond acceptors (Lipinski definition) is 1. The lowest BCUT2D eigenvalue weighted by molar-refractivity contribution is 0.340. The molecule has 1 aromatic carbocycles. The molecule has 0 amide bonds. The van der Waals surface area contributed by atoms with Gasteiger partial charge in [-0.05, 0) is 31.0 Å². The molecule has 64 valence electrons. The fourth-order valence-corrected chi connectivity index (χ4v) is 1.06. The maximum absolute atomic E-state index is 5.31. The Morgan fingerprint density at radius 3 is 2.50 bits per heavy atom. The summed E-state index contributed by atoms with van der Waals surface area (Å²) in [4.78, 5) is 0. The first-order valence-corrected chi connectivity index (χ1v) is 4.19. The fourth-order valence-electron chi connectivity index (χ4n) is 1.06. The smallest absolute Gasteiger partial charge is 0.119 e. The summed E-state index contributed by atoms with van der Waals surface area (Å²) in [6, 6.07) is 8.10. The normalized spacial score (nSPS) is 9.42. The Hall–Kier alpha value is -1.24. The molecular formula is C11H14O. The number of rotatable bonds is 4. The molecule has 0 heterocycles. The van der Waals surface area contributed by atoms with Crippen LogP contribution in [0, 0.1) is 0 Å². The van der Waals surface area contributed by atoms with E-state index in [1.807, 2.05) is 25.1 Å². The van der Waals surface area contributed by atoms with Crippen molar-refractivity contribution in [2.24, 2.45) is 0 Å². The van der Waals surface area contributed by atoms with E-state index in [1.54, 1.807) is 0 Å². The molecule has 1 rings (SSSR count). The van der Waals surface area contributed by atoms with E-state index in [4.69, 9.17) is 4.74 Å². The van der Waals surface area contributed by atoms with Gasteiger partial charge in [0.25, 0.3) is 0 Å². The molecule has 0 aromatic heterocycles. The van der Waals surface area contributed by atoms with Crippen molar-refractivity contribution in [3.63, 3.8) is 0 Å². The van der Waals surface area contributed by atoms with Crippen LogP contribution in [-0.4, -0.2) is 6.61 Å². The van der Waals surface area contributed by atoms with E-state index in [-0.39, 0.29) is 0 Å². The maximum Gasteiger partial charge on any atom is 0.119 e. The molecule has 0 radical (unpaired) electrons. The van der Waals surface area contributed by atoms with Gasteiger partial charge in [-0.25, -0.2) is 0 Å². The van der Waals surface area contributed by atoms with Crippen molar-refractivity contribution in [3.8, 4) is 5.75 Å². The number of benzene rings is 1. The molecule has 0 fully saturated rings. The van der Waals surface area contributed by atoms with Crippen molar-refractivity contribution in [2.45, 2.75) is 13.3 Å². The Kier molecular flexibility index (Phi) is 3.39. The summed E-state index contributed by atoms with van der Waals surface area (Å²) < 4.78 is 5.31. The van der Waals surface area contributed by atoms with E-state index in [1.165, 1.54) is 5.56 Å². The summed E-state index contributed by atoms with van der Waals surface area (Å²) in [5.74, 6) is 0.935. The summed E-state index contributed by atoms with van der Waals surface area (Å²) in [6.07, 6.45) is 2.82. The quantitative estimate of drug-likeness (QED) is 0.618. The van der Waals surface area contributed by atoms with Crippen molar-refractivity contribution in [3.05, 3.63) is 42.5 Å². The molecule has 12 heavy (non-hydrogen) atoms. The minimum atomic E-state index is 0.723. The van der Waals surface area contributed by atoms with E-state index >= 15 is 0 Å². The van der Waals surface area contributed by atoms with Crippen molar-refractivity contribution in [2.75, 3.05) is 6.61 Å². The van der Waals surface area contributed by atoms with Gasteiger partial charge in [0.1, 0.15) is 5.75 Å². The molecule has 0 aliphatic carbocycles. The molecule has 0 aliphatic heterocycles. The van der Waals surface area contributed by atoms with Crippen LogP contribution < -0.4 is 4.74 Å². The predicted molar refractivity (Wildman–Crippen MR) is 51.5 cm³/mol. The lowest BCUT2D eigenvalue weighted by Gasteiger charge is -2.02. The lowest BCUT2D eigenvalue weighted by atomic mass is 10.1. The van der Waals surface area contributed by atoms with Crippen molar-refractivity contribution in [1.29, 1.82) is 0 Å². The van der Waals surface area contributed by atoms with Gasteiger partial charge in [0.05, 0.1) is 6.61 Å². The zero-order valence-electron chi connectivity index (χ0n) is 7.42. The molecule has 0 unspecified atom stereocenters. The van der Waals surface area contributed by atoms with Crippen LogP contribution in [0.25, 0.3) is 0 Å². The molecule has 0 saturated carbocycles. The summed E-state index contributed by atoms with van der Waals surface area (Å²) >= 11 is 0. The van der Waals surface area contributed by atoms with Gasteiger partial charge in [-0.15, -0.1) is 6.58 Å². The average Bonchev–Trinajstić information content (AvgIpc) is 2.09. The summed E-state index contributed by atoms with van der Waals surface area (Å²) in [5.41, 5.74) is 1.27. The Bertz CT molecular complexity index is 236. The zero-order valence-corrected chi connectivity index (χ0v) is 7.42. The monoisotopic (exact) mass is 162 g/mol. The first-order chi connectivity index (χ1) is 5.86. The van der Waals surface area contributed by atoms with Gasteiger partial charge in [-0.1, -0.05) is 18.2 Å². The molecule has 1 heteroatoms. The highest BCUT2D eigenvalue weighted by atomic mass is 16.5. The van der Waals surface area contributed by atoms with Crippen LogP contribution in [0.5, 0.6) is 5.75 Å². The third-order valence-electron chi connectivity index (χ3n) is 1.61. The minimum Gasteiger partial charge on any atom is -0.494 e. The van der Waals surface area contributed by atoms with Gasteiger partial charge >= 0.3 is 0 Å².